The molecule has 2 aromatic heterocycles. The summed E-state index contributed by atoms with van der Waals surface area (Å²) in [5, 5.41) is 4.53. The third kappa shape index (κ3) is 3.86. The number of hydrogen-bond donors (Lipinski definition) is 0. The standard InChI is InChI=1S/C22H29N5O3/c28-20-21(29)27(13-17-5-2-1-3-6-17)24-19-14-30-22(16-26(19)20)8-10-25(15-22)12-18-7-4-9-23-11-18/h4,7,9,11,17H,1-3,5-6,8,10,12-16H2. The molecule has 1 aliphatic carbocycles. The Hall–Kier alpha value is -2.32. The fourth-order valence-corrected chi connectivity index (χ4v) is 5.20. The number of nitrogens with zero attached hydrogens (tertiary/aromatic N) is 5. The highest BCUT2D eigenvalue weighted by molar-refractivity contribution is 5.10. The minimum Gasteiger partial charge on any atom is -0.364 e. The van der Waals surface area contributed by atoms with Gasteiger partial charge in [0.05, 0.1) is 6.54 Å². The molecule has 8 heteroatoms. The van der Waals surface area contributed by atoms with Crippen LogP contribution >= 0.6 is 0 Å². The van der Waals surface area contributed by atoms with E-state index in [-0.39, 0.29) is 6.61 Å². The van der Waals surface area contributed by atoms with Crippen molar-refractivity contribution in [2.24, 2.45) is 5.92 Å². The normalized spacial score (nSPS) is 24.9. The van der Waals surface area contributed by atoms with E-state index < -0.39 is 16.7 Å². The first-order chi connectivity index (χ1) is 14.6. The summed E-state index contributed by atoms with van der Waals surface area (Å²) in [6, 6.07) is 4.01. The first-order valence-corrected chi connectivity index (χ1v) is 11.1. The molecule has 0 amide bonds. The summed E-state index contributed by atoms with van der Waals surface area (Å²) in [7, 11) is 0. The highest BCUT2D eigenvalue weighted by Crippen LogP contribution is 2.32. The second-order valence-electron chi connectivity index (χ2n) is 9.09. The molecule has 4 heterocycles. The van der Waals surface area contributed by atoms with Crippen LogP contribution in [0.25, 0.3) is 0 Å². The van der Waals surface area contributed by atoms with Crippen molar-refractivity contribution in [1.29, 1.82) is 0 Å². The SMILES string of the molecule is O=c1c(=O)n2c(nn1CC1CCCCC1)COC1(CCN(Cc3cccnc3)C1)C2. The minimum absolute atomic E-state index is 0.279. The highest BCUT2D eigenvalue weighted by Gasteiger charge is 2.43. The second-order valence-corrected chi connectivity index (χ2v) is 9.09. The highest BCUT2D eigenvalue weighted by atomic mass is 16.5. The van der Waals surface area contributed by atoms with E-state index in [1.807, 2.05) is 12.3 Å². The van der Waals surface area contributed by atoms with Crippen LogP contribution in [0.1, 0.15) is 49.9 Å². The largest absolute Gasteiger partial charge is 0.364 e. The summed E-state index contributed by atoms with van der Waals surface area (Å²) in [4.78, 5) is 32.1. The number of fused-ring (bicyclic) bond motifs is 1. The van der Waals surface area contributed by atoms with Crippen LogP contribution in [-0.2, 0) is 31.0 Å². The molecule has 160 valence electrons. The van der Waals surface area contributed by atoms with Gasteiger partial charge in [-0.25, -0.2) is 4.68 Å². The molecule has 2 aromatic rings. The molecule has 30 heavy (non-hydrogen) atoms. The smallest absolute Gasteiger partial charge is 0.332 e. The summed E-state index contributed by atoms with van der Waals surface area (Å²) in [6.45, 7) is 3.66. The van der Waals surface area contributed by atoms with E-state index in [0.717, 1.165) is 44.5 Å². The first-order valence-electron chi connectivity index (χ1n) is 11.1. The average Bonchev–Trinajstić information content (AvgIpc) is 3.16. The molecular formula is C22H29N5O3. The molecule has 5 rings (SSSR count). The van der Waals surface area contributed by atoms with Gasteiger partial charge >= 0.3 is 11.1 Å². The van der Waals surface area contributed by atoms with Gasteiger partial charge in [0.2, 0.25) is 0 Å². The molecule has 3 aliphatic rings. The van der Waals surface area contributed by atoms with Crippen molar-refractivity contribution in [3.05, 3.63) is 56.6 Å². The van der Waals surface area contributed by atoms with Crippen molar-refractivity contribution in [2.45, 2.75) is 70.4 Å². The van der Waals surface area contributed by atoms with Crippen molar-refractivity contribution in [2.75, 3.05) is 13.1 Å². The van der Waals surface area contributed by atoms with Gasteiger partial charge in [-0.1, -0.05) is 25.3 Å². The van der Waals surface area contributed by atoms with Gasteiger partial charge in [0, 0.05) is 38.6 Å². The maximum Gasteiger partial charge on any atom is 0.332 e. The first kappa shape index (κ1) is 19.6. The Morgan fingerprint density at radius 1 is 1.13 bits per heavy atom. The van der Waals surface area contributed by atoms with Crippen LogP contribution in [0.4, 0.5) is 0 Å². The molecule has 1 spiro atoms. The molecule has 0 bridgehead atoms. The summed E-state index contributed by atoms with van der Waals surface area (Å²) < 4.78 is 9.23. The third-order valence-corrected chi connectivity index (χ3v) is 6.84. The lowest BCUT2D eigenvalue weighted by atomic mass is 9.89. The molecule has 1 saturated heterocycles. The number of ether oxygens (including phenoxy) is 1. The molecule has 2 aliphatic heterocycles. The lowest BCUT2D eigenvalue weighted by Gasteiger charge is -2.35. The third-order valence-electron chi connectivity index (χ3n) is 6.84. The Bertz CT molecular complexity index is 1010. The van der Waals surface area contributed by atoms with Crippen LogP contribution in [0.2, 0.25) is 0 Å². The maximum atomic E-state index is 12.9. The van der Waals surface area contributed by atoms with E-state index in [1.165, 1.54) is 23.9 Å². The quantitative estimate of drug-likeness (QED) is 0.710. The summed E-state index contributed by atoms with van der Waals surface area (Å²) in [6.07, 6.45) is 10.4. The molecule has 0 radical (unpaired) electrons. The number of hydrogen-bond acceptors (Lipinski definition) is 6. The van der Waals surface area contributed by atoms with Gasteiger partial charge < -0.3 is 4.74 Å². The summed E-state index contributed by atoms with van der Waals surface area (Å²) in [5.41, 5.74) is -0.214. The number of likely N-dealkylation sites (tertiary alicyclic amines) is 1. The molecule has 0 aromatic carbocycles. The Morgan fingerprint density at radius 2 is 2.00 bits per heavy atom. The van der Waals surface area contributed by atoms with E-state index in [4.69, 9.17) is 4.74 Å². The van der Waals surface area contributed by atoms with E-state index in [2.05, 4.69) is 21.0 Å². The fraction of sp³-hybridized carbons (Fsp3) is 0.636. The van der Waals surface area contributed by atoms with Crippen molar-refractivity contribution >= 4 is 0 Å². The maximum absolute atomic E-state index is 12.9. The van der Waals surface area contributed by atoms with E-state index in [0.29, 0.717) is 24.8 Å². The number of aromatic nitrogens is 4. The molecule has 8 nitrogen and oxygen atoms in total. The van der Waals surface area contributed by atoms with Gasteiger partial charge in [-0.3, -0.25) is 24.0 Å². The van der Waals surface area contributed by atoms with E-state index >= 15 is 0 Å². The van der Waals surface area contributed by atoms with E-state index in [9.17, 15) is 9.59 Å². The molecular weight excluding hydrogens is 382 g/mol. The van der Waals surface area contributed by atoms with Gasteiger partial charge in [0.1, 0.15) is 12.2 Å². The van der Waals surface area contributed by atoms with Crippen LogP contribution in [0, 0.1) is 5.92 Å². The Labute approximate surface area is 175 Å². The van der Waals surface area contributed by atoms with Crippen molar-refractivity contribution in [1.82, 2.24) is 24.2 Å². The Morgan fingerprint density at radius 3 is 2.80 bits per heavy atom. The zero-order chi connectivity index (χ0) is 20.6. The van der Waals surface area contributed by atoms with Crippen molar-refractivity contribution < 1.29 is 4.74 Å². The Balaban J connectivity index is 1.32. The molecule has 1 atom stereocenters. The van der Waals surface area contributed by atoms with Crippen molar-refractivity contribution in [3.8, 4) is 0 Å². The van der Waals surface area contributed by atoms with Crippen LogP contribution < -0.4 is 11.1 Å². The Kier molecular flexibility index (Phi) is 5.28. The molecule has 0 N–H and O–H groups in total. The van der Waals surface area contributed by atoms with Crippen LogP contribution in [0.3, 0.4) is 0 Å². The topological polar surface area (TPSA) is 82.2 Å². The van der Waals surface area contributed by atoms with Gasteiger partial charge in [0.25, 0.3) is 0 Å². The van der Waals surface area contributed by atoms with Crippen molar-refractivity contribution in [3.63, 3.8) is 0 Å². The van der Waals surface area contributed by atoms with Crippen LogP contribution in [0.5, 0.6) is 0 Å². The predicted octanol–water partition coefficient (Wildman–Crippen LogP) is 1.56. The monoisotopic (exact) mass is 411 g/mol. The van der Waals surface area contributed by atoms with E-state index in [1.54, 1.807) is 10.8 Å². The van der Waals surface area contributed by atoms with Gasteiger partial charge in [0.15, 0.2) is 5.82 Å². The minimum atomic E-state index is -0.494. The molecule has 2 fully saturated rings. The van der Waals surface area contributed by atoms with Gasteiger partial charge in [-0.15, -0.1) is 0 Å². The molecule has 1 unspecified atom stereocenters. The second kappa shape index (κ2) is 8.07. The van der Waals surface area contributed by atoms with Crippen LogP contribution in [-0.4, -0.2) is 42.9 Å². The molecule has 1 saturated carbocycles. The zero-order valence-electron chi connectivity index (χ0n) is 17.3. The average molecular weight is 412 g/mol. The zero-order valence-corrected chi connectivity index (χ0v) is 17.3. The number of rotatable bonds is 4. The summed E-state index contributed by atoms with van der Waals surface area (Å²) >= 11 is 0. The number of pyridine rings is 1. The van der Waals surface area contributed by atoms with Crippen LogP contribution in [0.15, 0.2) is 34.1 Å². The lowest BCUT2D eigenvalue weighted by molar-refractivity contribution is -0.0860. The van der Waals surface area contributed by atoms with Gasteiger partial charge in [-0.2, -0.15) is 5.10 Å². The predicted molar refractivity (Wildman–Crippen MR) is 111 cm³/mol. The lowest BCUT2D eigenvalue weighted by Crippen LogP contribution is -2.53. The fourth-order valence-electron chi connectivity index (χ4n) is 5.20. The van der Waals surface area contributed by atoms with Gasteiger partial charge in [-0.05, 0) is 36.8 Å². The summed E-state index contributed by atoms with van der Waals surface area (Å²) in [5.74, 6) is 1.02.